The van der Waals surface area contributed by atoms with E-state index < -0.39 is 30.1 Å². The highest BCUT2D eigenvalue weighted by Crippen LogP contribution is 2.23. The smallest absolute Gasteiger partial charge is 0.339 e. The molecule has 24 heavy (non-hydrogen) atoms. The molecule has 0 atom stereocenters. The monoisotopic (exact) mass is 399 g/mol. The number of carbonyl (C=O) groups excluding carboxylic acids is 2. The summed E-state index contributed by atoms with van der Waals surface area (Å²) < 4.78 is 36.4. The molecule has 8 heteroatoms. The van der Waals surface area contributed by atoms with Gasteiger partial charge in [0.1, 0.15) is 17.4 Å². The molecule has 0 saturated heterocycles. The number of methoxy groups -OCH3 is 1. The maximum atomic E-state index is 13.0. The number of benzene rings is 2. The fourth-order valence-electron chi connectivity index (χ4n) is 1.82. The van der Waals surface area contributed by atoms with Gasteiger partial charge in [0.25, 0.3) is 5.91 Å². The first-order valence-electron chi connectivity index (χ1n) is 6.65. The number of anilines is 1. The Morgan fingerprint density at radius 1 is 1.12 bits per heavy atom. The summed E-state index contributed by atoms with van der Waals surface area (Å²) in [5.41, 5.74) is 0.107. The molecule has 0 saturated carbocycles. The predicted molar refractivity (Wildman–Crippen MR) is 86.0 cm³/mol. The standard InChI is InChI=1S/C16H12BrF2NO4/c1-23-12-2-3-14(17)13(7-12)16(22)24-8-15(21)20-11-5-9(18)4-10(19)6-11/h2-7H,8H2,1H3,(H,20,21). The van der Waals surface area contributed by atoms with Crippen LogP contribution in [0.2, 0.25) is 0 Å². The highest BCUT2D eigenvalue weighted by atomic mass is 79.9. The second-order valence-electron chi connectivity index (χ2n) is 4.63. The molecule has 0 aliphatic carbocycles. The Bertz CT molecular complexity index is 762. The largest absolute Gasteiger partial charge is 0.497 e. The number of halogens is 3. The van der Waals surface area contributed by atoms with Crippen LogP contribution in [0.15, 0.2) is 40.9 Å². The summed E-state index contributed by atoms with van der Waals surface area (Å²) in [5, 5.41) is 2.24. The quantitative estimate of drug-likeness (QED) is 0.781. The zero-order chi connectivity index (χ0) is 17.7. The van der Waals surface area contributed by atoms with Crippen LogP contribution in [0.4, 0.5) is 14.5 Å². The van der Waals surface area contributed by atoms with E-state index >= 15 is 0 Å². The highest BCUT2D eigenvalue weighted by Gasteiger charge is 2.15. The third kappa shape index (κ3) is 4.76. The lowest BCUT2D eigenvalue weighted by Crippen LogP contribution is -2.21. The lowest BCUT2D eigenvalue weighted by atomic mass is 10.2. The zero-order valence-corrected chi connectivity index (χ0v) is 14.0. The van der Waals surface area contributed by atoms with Crippen LogP contribution in [0.1, 0.15) is 10.4 Å². The molecule has 0 aromatic heterocycles. The van der Waals surface area contributed by atoms with E-state index in [-0.39, 0.29) is 11.3 Å². The minimum atomic E-state index is -0.831. The summed E-state index contributed by atoms with van der Waals surface area (Å²) >= 11 is 3.20. The molecule has 2 aromatic carbocycles. The molecule has 2 rings (SSSR count). The SMILES string of the molecule is COc1ccc(Br)c(C(=O)OCC(=O)Nc2cc(F)cc(F)c2)c1. The number of hydrogen-bond acceptors (Lipinski definition) is 4. The van der Waals surface area contributed by atoms with Gasteiger partial charge in [0.2, 0.25) is 0 Å². The first-order chi connectivity index (χ1) is 11.4. The number of ether oxygens (including phenoxy) is 2. The molecule has 0 bridgehead atoms. The van der Waals surface area contributed by atoms with Crippen molar-refractivity contribution in [2.24, 2.45) is 0 Å². The van der Waals surface area contributed by atoms with E-state index in [4.69, 9.17) is 9.47 Å². The van der Waals surface area contributed by atoms with E-state index in [1.165, 1.54) is 13.2 Å². The van der Waals surface area contributed by atoms with Crippen molar-refractivity contribution >= 4 is 33.5 Å². The number of nitrogens with one attached hydrogen (secondary N) is 1. The lowest BCUT2D eigenvalue weighted by molar-refractivity contribution is -0.119. The van der Waals surface area contributed by atoms with Gasteiger partial charge in [0.15, 0.2) is 6.61 Å². The second kappa shape index (κ2) is 7.87. The number of hydrogen-bond donors (Lipinski definition) is 1. The van der Waals surface area contributed by atoms with Gasteiger partial charge >= 0.3 is 5.97 Å². The van der Waals surface area contributed by atoms with Crippen LogP contribution in [0.3, 0.4) is 0 Å². The van der Waals surface area contributed by atoms with Gasteiger partial charge < -0.3 is 14.8 Å². The average Bonchev–Trinajstić information content (AvgIpc) is 2.52. The Kier molecular flexibility index (Phi) is 5.86. The molecule has 0 fully saturated rings. The van der Waals surface area contributed by atoms with E-state index in [2.05, 4.69) is 21.2 Å². The predicted octanol–water partition coefficient (Wildman–Crippen LogP) is 3.53. The molecule has 0 aliphatic rings. The van der Waals surface area contributed by atoms with Crippen LogP contribution < -0.4 is 10.1 Å². The van der Waals surface area contributed by atoms with Gasteiger partial charge in [-0.2, -0.15) is 0 Å². The molecule has 1 N–H and O–H groups in total. The Morgan fingerprint density at radius 3 is 2.42 bits per heavy atom. The maximum Gasteiger partial charge on any atom is 0.339 e. The molecule has 0 spiro atoms. The summed E-state index contributed by atoms with van der Waals surface area (Å²) in [6.45, 7) is -0.611. The van der Waals surface area contributed by atoms with Crippen molar-refractivity contribution in [2.75, 3.05) is 19.0 Å². The lowest BCUT2D eigenvalue weighted by Gasteiger charge is -2.09. The van der Waals surface area contributed by atoms with E-state index in [0.29, 0.717) is 16.3 Å². The summed E-state index contributed by atoms with van der Waals surface area (Å²) in [6, 6.07) is 7.27. The number of amides is 1. The second-order valence-corrected chi connectivity index (χ2v) is 5.48. The summed E-state index contributed by atoms with van der Waals surface area (Å²) in [5.74, 6) is -2.69. The van der Waals surface area contributed by atoms with Gasteiger partial charge in [-0.3, -0.25) is 4.79 Å². The Balaban J connectivity index is 1.97. The van der Waals surface area contributed by atoms with Crippen molar-refractivity contribution in [1.29, 1.82) is 0 Å². The molecule has 0 radical (unpaired) electrons. The van der Waals surface area contributed by atoms with Crippen LogP contribution in [0, 0.1) is 11.6 Å². The first-order valence-corrected chi connectivity index (χ1v) is 7.45. The van der Waals surface area contributed by atoms with E-state index in [1.54, 1.807) is 12.1 Å². The third-order valence-corrected chi connectivity index (χ3v) is 3.57. The van der Waals surface area contributed by atoms with Crippen LogP contribution in [0.25, 0.3) is 0 Å². The number of carbonyl (C=O) groups is 2. The highest BCUT2D eigenvalue weighted by molar-refractivity contribution is 9.10. The van der Waals surface area contributed by atoms with Gasteiger partial charge in [-0.25, -0.2) is 13.6 Å². The molecular formula is C16H12BrF2NO4. The van der Waals surface area contributed by atoms with Crippen LogP contribution >= 0.6 is 15.9 Å². The van der Waals surface area contributed by atoms with Crippen LogP contribution in [-0.2, 0) is 9.53 Å². The molecule has 2 aromatic rings. The van der Waals surface area contributed by atoms with Crippen LogP contribution in [0.5, 0.6) is 5.75 Å². The van der Waals surface area contributed by atoms with Crippen molar-refractivity contribution in [1.82, 2.24) is 0 Å². The topological polar surface area (TPSA) is 64.6 Å². The van der Waals surface area contributed by atoms with Crippen molar-refractivity contribution < 1.29 is 27.8 Å². The van der Waals surface area contributed by atoms with Crippen molar-refractivity contribution in [3.05, 3.63) is 58.1 Å². The summed E-state index contributed by atoms with van der Waals surface area (Å²) in [6.07, 6.45) is 0. The van der Waals surface area contributed by atoms with E-state index in [9.17, 15) is 18.4 Å². The summed E-state index contributed by atoms with van der Waals surface area (Å²) in [4.78, 5) is 23.7. The first kappa shape index (κ1) is 17.9. The minimum Gasteiger partial charge on any atom is -0.497 e. The van der Waals surface area contributed by atoms with Crippen molar-refractivity contribution in [3.8, 4) is 5.75 Å². The van der Waals surface area contributed by atoms with Crippen LogP contribution in [-0.4, -0.2) is 25.6 Å². The average molecular weight is 400 g/mol. The fraction of sp³-hybridized carbons (Fsp3) is 0.125. The van der Waals surface area contributed by atoms with Gasteiger partial charge in [-0.05, 0) is 46.3 Å². The molecular weight excluding hydrogens is 388 g/mol. The van der Waals surface area contributed by atoms with E-state index in [0.717, 1.165) is 12.1 Å². The number of esters is 1. The Hall–Kier alpha value is -2.48. The third-order valence-electron chi connectivity index (χ3n) is 2.87. The summed E-state index contributed by atoms with van der Waals surface area (Å²) in [7, 11) is 1.45. The molecule has 1 amide bonds. The number of rotatable bonds is 5. The normalized spacial score (nSPS) is 10.2. The van der Waals surface area contributed by atoms with Crippen molar-refractivity contribution in [3.63, 3.8) is 0 Å². The molecule has 5 nitrogen and oxygen atoms in total. The van der Waals surface area contributed by atoms with Gasteiger partial charge in [-0.15, -0.1) is 0 Å². The van der Waals surface area contributed by atoms with Gasteiger partial charge in [0.05, 0.1) is 12.7 Å². The van der Waals surface area contributed by atoms with Gasteiger partial charge in [-0.1, -0.05) is 0 Å². The molecule has 0 heterocycles. The molecule has 0 aliphatic heterocycles. The zero-order valence-electron chi connectivity index (χ0n) is 12.4. The molecule has 0 unspecified atom stereocenters. The Morgan fingerprint density at radius 2 is 1.79 bits per heavy atom. The molecule has 126 valence electrons. The fourth-order valence-corrected chi connectivity index (χ4v) is 2.23. The Labute approximate surface area is 144 Å². The van der Waals surface area contributed by atoms with Crippen molar-refractivity contribution in [2.45, 2.75) is 0 Å². The van der Waals surface area contributed by atoms with E-state index in [1.807, 2.05) is 0 Å². The minimum absolute atomic E-state index is 0.0730. The maximum absolute atomic E-state index is 13.0. The van der Waals surface area contributed by atoms with Gasteiger partial charge in [0, 0.05) is 16.2 Å².